The van der Waals surface area contributed by atoms with Gasteiger partial charge in [-0.2, -0.15) is 0 Å². The molecule has 19 heavy (non-hydrogen) atoms. The Hall–Kier alpha value is -1.56. The van der Waals surface area contributed by atoms with Crippen molar-refractivity contribution in [3.8, 4) is 0 Å². The summed E-state index contributed by atoms with van der Waals surface area (Å²) in [7, 11) is 1.55. The van der Waals surface area contributed by atoms with Gasteiger partial charge in [0, 0.05) is 13.2 Å². The second-order valence-electron chi connectivity index (χ2n) is 3.81. The Morgan fingerprint density at radius 2 is 1.68 bits per heavy atom. The van der Waals surface area contributed by atoms with E-state index >= 15 is 0 Å². The fourth-order valence-electron chi connectivity index (χ4n) is 1.15. The molecule has 0 aromatic carbocycles. The first-order valence-corrected chi connectivity index (χ1v) is 6.22. The molecule has 0 aliphatic heterocycles. The summed E-state index contributed by atoms with van der Waals surface area (Å²) < 4.78 is 19.8. The molecule has 0 aromatic heterocycles. The third-order valence-electron chi connectivity index (χ3n) is 2.47. The Labute approximate surface area is 113 Å². The van der Waals surface area contributed by atoms with Gasteiger partial charge in [-0.3, -0.25) is 0 Å². The molecule has 0 N–H and O–H groups in total. The van der Waals surface area contributed by atoms with E-state index in [9.17, 15) is 9.59 Å². The monoisotopic (exact) mass is 274 g/mol. The average Bonchev–Trinajstić information content (AvgIpc) is 2.43. The molecule has 0 rings (SSSR count). The fourth-order valence-corrected chi connectivity index (χ4v) is 1.15. The van der Waals surface area contributed by atoms with Crippen LogP contribution >= 0.6 is 0 Å². The van der Waals surface area contributed by atoms with Gasteiger partial charge in [0.05, 0.1) is 6.10 Å². The maximum atomic E-state index is 11.4. The van der Waals surface area contributed by atoms with Crippen LogP contribution in [0.15, 0.2) is 12.7 Å². The smallest absolute Gasteiger partial charge is 0.459 e. The van der Waals surface area contributed by atoms with Crippen molar-refractivity contribution in [3.05, 3.63) is 12.7 Å². The van der Waals surface area contributed by atoms with Crippen molar-refractivity contribution < 1.29 is 28.5 Å². The van der Waals surface area contributed by atoms with Gasteiger partial charge in [0.15, 0.2) is 0 Å². The normalized spacial score (nSPS) is 13.2. The molecular formula is C13H22O6. The Kier molecular flexibility index (Phi) is 9.52. The SMILES string of the molecule is C=CC(=O)OCC(CC)OC(=O)OCC(CC)OC. The van der Waals surface area contributed by atoms with Crippen molar-refractivity contribution in [2.24, 2.45) is 0 Å². The van der Waals surface area contributed by atoms with Crippen LogP contribution in [-0.2, 0) is 23.7 Å². The van der Waals surface area contributed by atoms with Gasteiger partial charge in [-0.05, 0) is 12.8 Å². The summed E-state index contributed by atoms with van der Waals surface area (Å²) in [5, 5.41) is 0. The zero-order valence-electron chi connectivity index (χ0n) is 11.7. The van der Waals surface area contributed by atoms with Crippen molar-refractivity contribution in [2.45, 2.75) is 38.9 Å². The first-order valence-electron chi connectivity index (χ1n) is 6.22. The van der Waals surface area contributed by atoms with E-state index in [0.717, 1.165) is 12.5 Å². The molecule has 2 unspecified atom stereocenters. The topological polar surface area (TPSA) is 71.1 Å². The maximum Gasteiger partial charge on any atom is 0.508 e. The summed E-state index contributed by atoms with van der Waals surface area (Å²) in [5.41, 5.74) is 0. The van der Waals surface area contributed by atoms with Crippen LogP contribution < -0.4 is 0 Å². The van der Waals surface area contributed by atoms with Crippen LogP contribution in [0.4, 0.5) is 4.79 Å². The minimum atomic E-state index is -0.794. The van der Waals surface area contributed by atoms with E-state index in [0.29, 0.717) is 6.42 Å². The van der Waals surface area contributed by atoms with Gasteiger partial charge in [0.25, 0.3) is 0 Å². The predicted octanol–water partition coefficient (Wildman–Crippen LogP) is 2.07. The van der Waals surface area contributed by atoms with Crippen molar-refractivity contribution in [2.75, 3.05) is 20.3 Å². The maximum absolute atomic E-state index is 11.4. The van der Waals surface area contributed by atoms with Gasteiger partial charge in [0.1, 0.15) is 19.3 Å². The van der Waals surface area contributed by atoms with Crippen molar-refractivity contribution in [3.63, 3.8) is 0 Å². The largest absolute Gasteiger partial charge is 0.508 e. The van der Waals surface area contributed by atoms with Crippen LogP contribution in [0.1, 0.15) is 26.7 Å². The second-order valence-corrected chi connectivity index (χ2v) is 3.81. The summed E-state index contributed by atoms with van der Waals surface area (Å²) in [4.78, 5) is 22.3. The molecule has 0 aromatic rings. The van der Waals surface area contributed by atoms with Crippen LogP contribution in [0.2, 0.25) is 0 Å². The molecule has 6 heteroatoms. The number of rotatable bonds is 9. The van der Waals surface area contributed by atoms with Gasteiger partial charge >= 0.3 is 12.1 Å². The van der Waals surface area contributed by atoms with E-state index in [4.69, 9.17) is 18.9 Å². The highest BCUT2D eigenvalue weighted by atomic mass is 16.7. The number of hydrogen-bond donors (Lipinski definition) is 0. The molecule has 0 aliphatic rings. The Morgan fingerprint density at radius 1 is 1.11 bits per heavy atom. The van der Waals surface area contributed by atoms with Crippen LogP contribution in [0.3, 0.4) is 0 Å². The van der Waals surface area contributed by atoms with E-state index in [1.165, 1.54) is 0 Å². The summed E-state index contributed by atoms with van der Waals surface area (Å²) >= 11 is 0. The van der Waals surface area contributed by atoms with Crippen molar-refractivity contribution in [1.82, 2.24) is 0 Å². The molecule has 110 valence electrons. The summed E-state index contributed by atoms with van der Waals surface area (Å²) in [6, 6.07) is 0. The van der Waals surface area contributed by atoms with E-state index < -0.39 is 18.2 Å². The van der Waals surface area contributed by atoms with Gasteiger partial charge in [-0.15, -0.1) is 0 Å². The van der Waals surface area contributed by atoms with Gasteiger partial charge in [-0.25, -0.2) is 9.59 Å². The summed E-state index contributed by atoms with van der Waals surface area (Å²) in [6.07, 6.45) is 0.830. The highest BCUT2D eigenvalue weighted by Gasteiger charge is 2.16. The highest BCUT2D eigenvalue weighted by molar-refractivity contribution is 5.81. The molecule has 0 fully saturated rings. The third kappa shape index (κ3) is 8.20. The lowest BCUT2D eigenvalue weighted by Crippen LogP contribution is -2.27. The lowest BCUT2D eigenvalue weighted by Gasteiger charge is -2.17. The minimum Gasteiger partial charge on any atom is -0.459 e. The molecule has 0 spiro atoms. The summed E-state index contributed by atoms with van der Waals surface area (Å²) in [6.45, 7) is 7.12. The molecule has 6 nitrogen and oxygen atoms in total. The average molecular weight is 274 g/mol. The second kappa shape index (κ2) is 10.4. The first-order chi connectivity index (χ1) is 9.07. The zero-order valence-corrected chi connectivity index (χ0v) is 11.7. The number of carbonyl (C=O) groups excluding carboxylic acids is 2. The molecular weight excluding hydrogens is 252 g/mol. The lowest BCUT2D eigenvalue weighted by molar-refractivity contribution is -0.141. The molecule has 0 saturated carbocycles. The molecule has 0 aliphatic carbocycles. The van der Waals surface area contributed by atoms with Crippen LogP contribution in [0, 0.1) is 0 Å². The first kappa shape index (κ1) is 17.4. The number of esters is 1. The van der Waals surface area contributed by atoms with E-state index in [-0.39, 0.29) is 19.3 Å². The quantitative estimate of drug-likeness (QED) is 0.473. The predicted molar refractivity (Wildman–Crippen MR) is 68.8 cm³/mol. The van der Waals surface area contributed by atoms with Crippen molar-refractivity contribution in [1.29, 1.82) is 0 Å². The van der Waals surface area contributed by atoms with E-state index in [2.05, 4.69) is 6.58 Å². The number of methoxy groups -OCH3 is 1. The molecule has 0 saturated heterocycles. The zero-order chi connectivity index (χ0) is 14.7. The van der Waals surface area contributed by atoms with Crippen LogP contribution in [-0.4, -0.2) is 44.7 Å². The lowest BCUT2D eigenvalue weighted by atomic mass is 10.3. The Bertz CT molecular complexity index is 285. The Balaban J connectivity index is 3.98. The fraction of sp³-hybridized carbons (Fsp3) is 0.692. The van der Waals surface area contributed by atoms with E-state index in [1.807, 2.05) is 13.8 Å². The van der Waals surface area contributed by atoms with E-state index in [1.54, 1.807) is 7.11 Å². The highest BCUT2D eigenvalue weighted by Crippen LogP contribution is 2.04. The molecule has 0 bridgehead atoms. The molecule has 2 atom stereocenters. The standard InChI is InChI=1S/C13H22O6/c1-5-10(16-4)8-18-13(15)19-11(6-2)9-17-12(14)7-3/h7,10-11H,3,5-6,8-9H2,1-2,4H3. The third-order valence-corrected chi connectivity index (χ3v) is 2.47. The summed E-state index contributed by atoms with van der Waals surface area (Å²) in [5.74, 6) is -0.555. The molecule has 0 amide bonds. The molecule has 0 heterocycles. The minimum absolute atomic E-state index is 0.0159. The van der Waals surface area contributed by atoms with Gasteiger partial charge in [0.2, 0.25) is 0 Å². The van der Waals surface area contributed by atoms with Gasteiger partial charge < -0.3 is 18.9 Å². The number of hydrogen-bond acceptors (Lipinski definition) is 6. The number of carbonyl (C=O) groups is 2. The number of ether oxygens (including phenoxy) is 4. The Morgan fingerprint density at radius 3 is 2.16 bits per heavy atom. The van der Waals surface area contributed by atoms with Crippen LogP contribution in [0.5, 0.6) is 0 Å². The van der Waals surface area contributed by atoms with Crippen LogP contribution in [0.25, 0.3) is 0 Å². The van der Waals surface area contributed by atoms with Gasteiger partial charge in [-0.1, -0.05) is 20.4 Å². The molecule has 0 radical (unpaired) electrons. The van der Waals surface area contributed by atoms with Crippen molar-refractivity contribution >= 4 is 12.1 Å².